The first-order chi connectivity index (χ1) is 22.6. The quantitative estimate of drug-likeness (QED) is 0.0381. The molecule has 1 atom stereocenters. The highest BCUT2D eigenvalue weighted by atomic mass is 16.5. The second kappa shape index (κ2) is 38.3. The molecule has 0 spiro atoms. The van der Waals surface area contributed by atoms with Crippen LogP contribution in [0.15, 0.2) is 24.3 Å². The van der Waals surface area contributed by atoms with E-state index in [9.17, 15) is 4.79 Å². The number of esters is 1. The summed E-state index contributed by atoms with van der Waals surface area (Å²) in [6.07, 6.45) is 43.3. The van der Waals surface area contributed by atoms with Crippen molar-refractivity contribution >= 4 is 5.97 Å². The maximum atomic E-state index is 11.1. The van der Waals surface area contributed by atoms with E-state index in [-0.39, 0.29) is 12.1 Å². The summed E-state index contributed by atoms with van der Waals surface area (Å²) in [7, 11) is 5.73. The lowest BCUT2D eigenvalue weighted by molar-refractivity contribution is -0.140. The Bertz CT molecular complexity index is 663. The molecule has 0 aromatic rings. The minimum absolute atomic E-state index is 0.0868. The van der Waals surface area contributed by atoms with Gasteiger partial charge in [0, 0.05) is 32.8 Å². The van der Waals surface area contributed by atoms with Gasteiger partial charge in [0.05, 0.1) is 13.2 Å². The van der Waals surface area contributed by atoms with Gasteiger partial charge in [-0.25, -0.2) is 0 Å². The lowest BCUT2D eigenvalue weighted by Crippen LogP contribution is -2.30. The highest BCUT2D eigenvalue weighted by molar-refractivity contribution is 5.68. The van der Waals surface area contributed by atoms with E-state index in [0.717, 1.165) is 52.0 Å². The molecular weight excluding hydrogens is 570 g/mol. The van der Waals surface area contributed by atoms with Crippen LogP contribution in [0.25, 0.3) is 0 Å². The zero-order valence-corrected chi connectivity index (χ0v) is 31.4. The van der Waals surface area contributed by atoms with Crippen LogP contribution in [0.2, 0.25) is 0 Å². The summed E-state index contributed by atoms with van der Waals surface area (Å²) in [5.41, 5.74) is 0. The molecule has 5 heteroatoms. The van der Waals surface area contributed by atoms with Crippen LogP contribution in [-0.2, 0) is 19.0 Å². The first-order valence-corrected chi connectivity index (χ1v) is 19.8. The number of nitrogens with zero attached hydrogens (tertiary/aromatic N) is 1. The highest BCUT2D eigenvalue weighted by Crippen LogP contribution is 2.12. The summed E-state index contributed by atoms with van der Waals surface area (Å²) in [5, 5.41) is 0. The van der Waals surface area contributed by atoms with E-state index < -0.39 is 0 Å². The van der Waals surface area contributed by atoms with Crippen molar-refractivity contribution in [3.05, 3.63) is 24.3 Å². The van der Waals surface area contributed by atoms with Crippen LogP contribution in [0.3, 0.4) is 0 Å². The van der Waals surface area contributed by atoms with Gasteiger partial charge in [-0.15, -0.1) is 0 Å². The molecule has 0 amide bonds. The fraction of sp³-hybridized carbons (Fsp3) is 0.878. The van der Waals surface area contributed by atoms with Crippen molar-refractivity contribution in [3.8, 4) is 0 Å². The van der Waals surface area contributed by atoms with Crippen LogP contribution in [0.5, 0.6) is 0 Å². The Morgan fingerprint density at radius 1 is 0.565 bits per heavy atom. The highest BCUT2D eigenvalue weighted by Gasteiger charge is 2.10. The molecule has 0 aliphatic heterocycles. The van der Waals surface area contributed by atoms with Gasteiger partial charge in [0.2, 0.25) is 0 Å². The van der Waals surface area contributed by atoms with Crippen LogP contribution in [0.1, 0.15) is 180 Å². The van der Waals surface area contributed by atoms with Gasteiger partial charge in [-0.2, -0.15) is 0 Å². The molecular formula is C41H79NO4. The summed E-state index contributed by atoms with van der Waals surface area (Å²) in [5.74, 6) is -0.0868. The molecule has 0 fully saturated rings. The largest absolute Gasteiger partial charge is 0.469 e. The minimum atomic E-state index is -0.0868. The average molecular weight is 650 g/mol. The SMILES string of the molecule is CCCCCCCC/C=C\CCCCCCCCOC(CCOCCCCCCC/C=C\CCCCCCC(=O)OC)CN(C)C. The normalized spacial score (nSPS) is 12.6. The van der Waals surface area contributed by atoms with Crippen LogP contribution in [0, 0.1) is 0 Å². The van der Waals surface area contributed by atoms with Crippen molar-refractivity contribution < 1.29 is 19.0 Å². The molecule has 272 valence electrons. The lowest BCUT2D eigenvalue weighted by Gasteiger charge is -2.21. The molecule has 0 saturated heterocycles. The van der Waals surface area contributed by atoms with Gasteiger partial charge in [0.1, 0.15) is 0 Å². The second-order valence-electron chi connectivity index (χ2n) is 13.7. The van der Waals surface area contributed by atoms with E-state index in [1.807, 2.05) is 0 Å². The Labute approximate surface area is 287 Å². The van der Waals surface area contributed by atoms with E-state index in [1.165, 1.54) is 148 Å². The third-order valence-electron chi connectivity index (χ3n) is 8.72. The van der Waals surface area contributed by atoms with Crippen molar-refractivity contribution in [2.75, 3.05) is 47.6 Å². The molecule has 46 heavy (non-hydrogen) atoms. The smallest absolute Gasteiger partial charge is 0.305 e. The number of carbonyl (C=O) groups excluding carboxylic acids is 1. The standard InChI is InChI=1S/C41H79NO4/c1-5-6-7-8-9-10-11-12-13-14-18-21-24-27-30-33-37-46-40(39-42(2)3)35-38-45-36-32-29-26-23-20-17-15-16-19-22-25-28-31-34-41(43)44-4/h12-13,15-16,40H,5-11,14,17-39H2,1-4H3/b13-12-,16-15-. The maximum absolute atomic E-state index is 11.1. The third-order valence-corrected chi connectivity index (χ3v) is 8.72. The summed E-state index contributed by atoms with van der Waals surface area (Å²) < 4.78 is 16.9. The molecule has 0 bridgehead atoms. The van der Waals surface area contributed by atoms with Gasteiger partial charge >= 0.3 is 5.97 Å². The van der Waals surface area contributed by atoms with Crippen molar-refractivity contribution in [1.29, 1.82) is 0 Å². The fourth-order valence-corrected chi connectivity index (χ4v) is 5.77. The molecule has 0 rings (SSSR count). The molecule has 0 radical (unpaired) electrons. The molecule has 0 saturated carbocycles. The van der Waals surface area contributed by atoms with Gasteiger partial charge in [-0.05, 0) is 91.1 Å². The minimum Gasteiger partial charge on any atom is -0.469 e. The molecule has 0 aliphatic rings. The second-order valence-corrected chi connectivity index (χ2v) is 13.7. The van der Waals surface area contributed by atoms with Gasteiger partial charge in [-0.1, -0.05) is 121 Å². The average Bonchev–Trinajstić information content (AvgIpc) is 3.04. The number of allylic oxidation sites excluding steroid dienone is 4. The van der Waals surface area contributed by atoms with Gasteiger partial charge in [0.15, 0.2) is 0 Å². The van der Waals surface area contributed by atoms with E-state index in [2.05, 4.69) is 55.0 Å². The molecule has 0 aromatic heterocycles. The topological polar surface area (TPSA) is 48.0 Å². The van der Waals surface area contributed by atoms with Crippen molar-refractivity contribution in [3.63, 3.8) is 0 Å². The number of rotatable bonds is 37. The number of hydrogen-bond acceptors (Lipinski definition) is 5. The summed E-state index contributed by atoms with van der Waals surface area (Å²) >= 11 is 0. The van der Waals surface area contributed by atoms with Crippen molar-refractivity contribution in [1.82, 2.24) is 4.90 Å². The third kappa shape index (κ3) is 37.3. The Balaban J connectivity index is 3.53. The van der Waals surface area contributed by atoms with Gasteiger partial charge in [-0.3, -0.25) is 4.79 Å². The van der Waals surface area contributed by atoms with Crippen LogP contribution in [-0.4, -0.2) is 64.5 Å². The van der Waals surface area contributed by atoms with Crippen LogP contribution in [0.4, 0.5) is 0 Å². The molecule has 0 heterocycles. The Kier molecular flexibility index (Phi) is 37.3. The number of hydrogen-bond donors (Lipinski definition) is 0. The summed E-state index contributed by atoms with van der Waals surface area (Å²) in [4.78, 5) is 13.3. The molecule has 1 unspecified atom stereocenters. The zero-order chi connectivity index (χ0) is 33.6. The van der Waals surface area contributed by atoms with Crippen molar-refractivity contribution in [2.45, 2.75) is 186 Å². The monoisotopic (exact) mass is 650 g/mol. The zero-order valence-electron chi connectivity index (χ0n) is 31.4. The summed E-state index contributed by atoms with van der Waals surface area (Å²) in [6, 6.07) is 0. The van der Waals surface area contributed by atoms with E-state index in [4.69, 9.17) is 9.47 Å². The van der Waals surface area contributed by atoms with Gasteiger partial charge < -0.3 is 19.1 Å². The van der Waals surface area contributed by atoms with Crippen LogP contribution >= 0.6 is 0 Å². The molecule has 0 N–H and O–H groups in total. The van der Waals surface area contributed by atoms with Crippen molar-refractivity contribution in [2.24, 2.45) is 0 Å². The fourth-order valence-electron chi connectivity index (χ4n) is 5.77. The molecule has 0 aromatic carbocycles. The van der Waals surface area contributed by atoms with Crippen LogP contribution < -0.4 is 0 Å². The number of methoxy groups -OCH3 is 1. The van der Waals surface area contributed by atoms with E-state index in [0.29, 0.717) is 6.42 Å². The number of ether oxygens (including phenoxy) is 3. The Morgan fingerprint density at radius 3 is 1.48 bits per heavy atom. The van der Waals surface area contributed by atoms with E-state index in [1.54, 1.807) is 0 Å². The van der Waals surface area contributed by atoms with E-state index >= 15 is 0 Å². The lowest BCUT2D eigenvalue weighted by atomic mass is 10.1. The summed E-state index contributed by atoms with van der Waals surface area (Å²) in [6.45, 7) is 5.83. The first-order valence-electron chi connectivity index (χ1n) is 19.8. The number of carbonyl (C=O) groups is 1. The number of likely N-dealkylation sites (N-methyl/N-ethyl adjacent to an activating group) is 1. The predicted octanol–water partition coefficient (Wildman–Crippen LogP) is 11.8. The first kappa shape index (κ1) is 44.8. The number of unbranched alkanes of at least 4 members (excludes halogenated alkanes) is 21. The molecule has 0 aliphatic carbocycles. The van der Waals surface area contributed by atoms with Gasteiger partial charge in [0.25, 0.3) is 0 Å². The Hall–Kier alpha value is -1.17. The Morgan fingerprint density at radius 2 is 1.00 bits per heavy atom. The maximum Gasteiger partial charge on any atom is 0.305 e. The molecule has 5 nitrogen and oxygen atoms in total. The predicted molar refractivity (Wildman–Crippen MR) is 200 cm³/mol.